The largest absolute Gasteiger partial charge is 0.493 e. The number of rotatable bonds is 6. The first-order chi connectivity index (χ1) is 13.5. The van der Waals surface area contributed by atoms with Gasteiger partial charge >= 0.3 is 5.97 Å². The third-order valence-corrected chi connectivity index (χ3v) is 4.00. The molecule has 0 unspecified atom stereocenters. The molecule has 1 aliphatic rings. The first-order valence-electron chi connectivity index (χ1n) is 8.34. The zero-order valence-corrected chi connectivity index (χ0v) is 15.3. The van der Waals surface area contributed by atoms with Crippen LogP contribution in [0.4, 0.5) is 5.69 Å². The molecular weight excluding hydrogens is 364 g/mol. The summed E-state index contributed by atoms with van der Waals surface area (Å²) in [5.41, 5.74) is 3.41. The molecule has 2 aromatic carbocycles. The molecule has 144 valence electrons. The number of carbonyl (C=O) groups is 3. The van der Waals surface area contributed by atoms with Crippen molar-refractivity contribution in [2.75, 3.05) is 25.8 Å². The molecule has 8 heteroatoms. The maximum Gasteiger partial charge on any atom is 0.343 e. The molecule has 1 heterocycles. The zero-order chi connectivity index (χ0) is 20.1. The monoisotopic (exact) mass is 382 g/mol. The van der Waals surface area contributed by atoms with E-state index in [4.69, 9.17) is 9.47 Å². The number of hydrazine groups is 1. The lowest BCUT2D eigenvalue weighted by atomic mass is 10.1. The summed E-state index contributed by atoms with van der Waals surface area (Å²) in [6.45, 7) is -0.344. The highest BCUT2D eigenvalue weighted by Gasteiger charge is 2.34. The maximum atomic E-state index is 12.7. The lowest BCUT2D eigenvalue weighted by molar-refractivity contribution is -0.143. The molecule has 1 aliphatic heterocycles. The number of ether oxygens (including phenoxy) is 3. The third-order valence-electron chi connectivity index (χ3n) is 4.00. The molecule has 2 amide bonds. The van der Waals surface area contributed by atoms with Gasteiger partial charge in [-0.2, -0.15) is 0 Å². The van der Waals surface area contributed by atoms with Crippen LogP contribution in [0.2, 0.25) is 0 Å². The number of nitrogens with zero attached hydrogens (tertiary/aromatic N) is 1. The van der Waals surface area contributed by atoms with Crippen LogP contribution in [0.25, 0.3) is 6.08 Å². The van der Waals surface area contributed by atoms with E-state index in [1.807, 2.05) is 6.07 Å². The summed E-state index contributed by atoms with van der Waals surface area (Å²) >= 11 is 0. The average Bonchev–Trinajstić information content (AvgIpc) is 3.01. The Morgan fingerprint density at radius 2 is 1.82 bits per heavy atom. The molecule has 0 aliphatic carbocycles. The molecule has 0 spiro atoms. The van der Waals surface area contributed by atoms with Gasteiger partial charge in [-0.15, -0.1) is 0 Å². The molecule has 28 heavy (non-hydrogen) atoms. The molecule has 2 aromatic rings. The summed E-state index contributed by atoms with van der Waals surface area (Å²) in [5, 5.41) is 1.17. The summed E-state index contributed by atoms with van der Waals surface area (Å²) in [7, 11) is 2.69. The quantitative estimate of drug-likeness (QED) is 0.464. The summed E-state index contributed by atoms with van der Waals surface area (Å²) in [5.74, 6) is -1.05. The fraction of sp³-hybridized carbons (Fsp3) is 0.150. The van der Waals surface area contributed by atoms with Gasteiger partial charge in [0, 0.05) is 5.56 Å². The van der Waals surface area contributed by atoms with E-state index in [-0.39, 0.29) is 17.9 Å². The number of carbonyl (C=O) groups excluding carboxylic acids is 3. The van der Waals surface area contributed by atoms with Gasteiger partial charge in [-0.3, -0.25) is 15.0 Å². The fourth-order valence-electron chi connectivity index (χ4n) is 2.62. The van der Waals surface area contributed by atoms with Crippen molar-refractivity contribution < 1.29 is 28.6 Å². The van der Waals surface area contributed by atoms with Gasteiger partial charge in [0.2, 0.25) is 0 Å². The van der Waals surface area contributed by atoms with Crippen LogP contribution in [0.5, 0.6) is 11.5 Å². The summed E-state index contributed by atoms with van der Waals surface area (Å²) in [4.78, 5) is 36.5. The van der Waals surface area contributed by atoms with E-state index in [2.05, 4.69) is 10.2 Å². The molecule has 0 saturated carbocycles. The minimum absolute atomic E-state index is 0.0694. The van der Waals surface area contributed by atoms with Gasteiger partial charge in [0.15, 0.2) is 18.1 Å². The minimum atomic E-state index is -0.575. The smallest absolute Gasteiger partial charge is 0.343 e. The van der Waals surface area contributed by atoms with E-state index in [1.54, 1.807) is 42.5 Å². The predicted octanol–water partition coefficient (Wildman–Crippen LogP) is 1.71. The molecule has 3 rings (SSSR count). The highest BCUT2D eigenvalue weighted by molar-refractivity contribution is 6.31. The Morgan fingerprint density at radius 1 is 1.07 bits per heavy atom. The van der Waals surface area contributed by atoms with Crippen LogP contribution >= 0.6 is 0 Å². The Hall–Kier alpha value is -3.81. The highest BCUT2D eigenvalue weighted by Crippen LogP contribution is 2.33. The van der Waals surface area contributed by atoms with Crippen molar-refractivity contribution in [1.29, 1.82) is 0 Å². The van der Waals surface area contributed by atoms with Gasteiger partial charge in [-0.1, -0.05) is 30.3 Å². The van der Waals surface area contributed by atoms with E-state index in [1.165, 1.54) is 25.3 Å². The molecular formula is C20H18N2O6. The van der Waals surface area contributed by atoms with Crippen molar-refractivity contribution in [2.24, 2.45) is 0 Å². The number of amides is 2. The van der Waals surface area contributed by atoms with E-state index in [9.17, 15) is 14.4 Å². The SMILES string of the molecule is COC(=O)COc1c(C=C2C(=O)NN(c3ccccc3)C2=O)cccc1OC. The first kappa shape index (κ1) is 19.0. The minimum Gasteiger partial charge on any atom is -0.493 e. The van der Waals surface area contributed by atoms with Crippen LogP contribution in [-0.2, 0) is 19.1 Å². The van der Waals surface area contributed by atoms with Gasteiger partial charge in [-0.25, -0.2) is 9.80 Å². The number of hydrogen-bond donors (Lipinski definition) is 1. The van der Waals surface area contributed by atoms with Crippen LogP contribution < -0.4 is 19.9 Å². The van der Waals surface area contributed by atoms with Gasteiger partial charge in [0.05, 0.1) is 19.9 Å². The number of nitrogens with one attached hydrogen (secondary N) is 1. The molecule has 1 fully saturated rings. The number of para-hydroxylation sites is 2. The molecule has 1 N–H and O–H groups in total. The number of esters is 1. The summed E-state index contributed by atoms with van der Waals surface area (Å²) in [6, 6.07) is 13.7. The van der Waals surface area contributed by atoms with E-state index in [0.717, 1.165) is 0 Å². The molecule has 0 bridgehead atoms. The molecule has 0 aromatic heterocycles. The molecule has 0 atom stereocenters. The number of benzene rings is 2. The lowest BCUT2D eigenvalue weighted by Gasteiger charge is -2.14. The van der Waals surface area contributed by atoms with Crippen molar-refractivity contribution in [2.45, 2.75) is 0 Å². The van der Waals surface area contributed by atoms with Crippen LogP contribution in [0, 0.1) is 0 Å². The standard InChI is InChI=1S/C20H18N2O6/c1-26-16-10-6-7-13(18(16)28-12-17(23)27-2)11-15-19(24)21-22(20(15)25)14-8-4-3-5-9-14/h3-11H,12H2,1-2H3,(H,21,24). The van der Waals surface area contributed by atoms with Crippen LogP contribution in [-0.4, -0.2) is 38.6 Å². The topological polar surface area (TPSA) is 94.2 Å². The van der Waals surface area contributed by atoms with Crippen molar-refractivity contribution in [3.05, 3.63) is 59.7 Å². The molecule has 8 nitrogen and oxygen atoms in total. The normalized spacial score (nSPS) is 14.8. The van der Waals surface area contributed by atoms with E-state index in [0.29, 0.717) is 17.0 Å². The fourth-order valence-corrected chi connectivity index (χ4v) is 2.62. The number of hydrogen-bond acceptors (Lipinski definition) is 6. The van der Waals surface area contributed by atoms with Crippen molar-refractivity contribution in [3.8, 4) is 11.5 Å². The van der Waals surface area contributed by atoms with Crippen molar-refractivity contribution in [1.82, 2.24) is 5.43 Å². The Labute approximate surface area is 161 Å². The van der Waals surface area contributed by atoms with Gasteiger partial charge in [-0.05, 0) is 24.3 Å². The Morgan fingerprint density at radius 3 is 2.50 bits per heavy atom. The van der Waals surface area contributed by atoms with Gasteiger partial charge in [0.25, 0.3) is 11.8 Å². The van der Waals surface area contributed by atoms with Gasteiger partial charge < -0.3 is 14.2 Å². The Kier molecular flexibility index (Phi) is 5.59. The third kappa shape index (κ3) is 3.80. The van der Waals surface area contributed by atoms with Crippen LogP contribution in [0.15, 0.2) is 54.1 Å². The highest BCUT2D eigenvalue weighted by atomic mass is 16.6. The summed E-state index contributed by atoms with van der Waals surface area (Å²) < 4.78 is 15.3. The van der Waals surface area contributed by atoms with E-state index < -0.39 is 17.8 Å². The number of anilines is 1. The van der Waals surface area contributed by atoms with Crippen molar-refractivity contribution >= 4 is 29.5 Å². The second-order valence-corrected chi connectivity index (χ2v) is 5.72. The maximum absolute atomic E-state index is 12.7. The second-order valence-electron chi connectivity index (χ2n) is 5.72. The molecule has 0 radical (unpaired) electrons. The van der Waals surface area contributed by atoms with E-state index >= 15 is 0 Å². The second kappa shape index (κ2) is 8.26. The predicted molar refractivity (Wildman–Crippen MR) is 101 cm³/mol. The summed E-state index contributed by atoms with van der Waals surface area (Å²) in [6.07, 6.45) is 1.40. The zero-order valence-electron chi connectivity index (χ0n) is 15.3. The van der Waals surface area contributed by atoms with Crippen molar-refractivity contribution in [3.63, 3.8) is 0 Å². The molecule has 1 saturated heterocycles. The Balaban J connectivity index is 1.95. The van der Waals surface area contributed by atoms with Crippen LogP contribution in [0.1, 0.15) is 5.56 Å². The Bertz CT molecular complexity index is 939. The number of methoxy groups -OCH3 is 2. The average molecular weight is 382 g/mol. The first-order valence-corrected chi connectivity index (χ1v) is 8.34. The van der Waals surface area contributed by atoms with Gasteiger partial charge in [0.1, 0.15) is 5.57 Å². The van der Waals surface area contributed by atoms with Crippen LogP contribution in [0.3, 0.4) is 0 Å². The lowest BCUT2D eigenvalue weighted by Crippen LogP contribution is -2.35.